The zero-order chi connectivity index (χ0) is 11.4. The summed E-state index contributed by atoms with van der Waals surface area (Å²) in [5.74, 6) is 0. The molecule has 0 bridgehead atoms. The van der Waals surface area contributed by atoms with Crippen LogP contribution in [-0.4, -0.2) is 17.8 Å². The van der Waals surface area contributed by atoms with Crippen LogP contribution >= 0.6 is 11.3 Å². The molecule has 0 aliphatic heterocycles. The van der Waals surface area contributed by atoms with Crippen LogP contribution in [0.3, 0.4) is 0 Å². The topological polar surface area (TPSA) is 32.3 Å². The summed E-state index contributed by atoms with van der Waals surface area (Å²) in [6.07, 6.45) is 6.63. The molecule has 0 amide bonds. The van der Waals surface area contributed by atoms with Crippen LogP contribution in [0.5, 0.6) is 0 Å². The van der Waals surface area contributed by atoms with E-state index in [1.54, 1.807) is 10.4 Å². The summed E-state index contributed by atoms with van der Waals surface area (Å²) in [6, 6.07) is 2.56. The Kier molecular flexibility index (Phi) is 4.38. The van der Waals surface area contributed by atoms with Crippen LogP contribution in [0.1, 0.15) is 41.5 Å². The van der Waals surface area contributed by atoms with Gasteiger partial charge in [-0.2, -0.15) is 0 Å². The standard InChI is InChI=1S/C13H21NOS/c1-10(9-15)14-8-12-7-11-5-3-2-4-6-13(11)16-12/h7,10,14-15H,2-6,8-9H2,1H3. The second-order valence-electron chi connectivity index (χ2n) is 4.69. The van der Waals surface area contributed by atoms with Crippen molar-refractivity contribution in [3.8, 4) is 0 Å². The molecule has 1 aromatic heterocycles. The number of aryl methyl sites for hydroxylation is 2. The number of fused-ring (bicyclic) bond motifs is 1. The average molecular weight is 239 g/mol. The highest BCUT2D eigenvalue weighted by Gasteiger charge is 2.12. The Bertz CT molecular complexity index is 311. The molecule has 3 heteroatoms. The van der Waals surface area contributed by atoms with Gasteiger partial charge in [-0.1, -0.05) is 6.42 Å². The van der Waals surface area contributed by atoms with Crippen LogP contribution in [0.15, 0.2) is 6.07 Å². The molecule has 2 N–H and O–H groups in total. The maximum Gasteiger partial charge on any atom is 0.0582 e. The van der Waals surface area contributed by atoms with E-state index in [1.165, 1.54) is 37.0 Å². The molecule has 1 heterocycles. The highest BCUT2D eigenvalue weighted by Crippen LogP contribution is 2.28. The monoisotopic (exact) mass is 239 g/mol. The van der Waals surface area contributed by atoms with Crippen LogP contribution in [0.25, 0.3) is 0 Å². The molecular formula is C13H21NOS. The summed E-state index contributed by atoms with van der Waals surface area (Å²) in [4.78, 5) is 3.03. The predicted octanol–water partition coefficient (Wildman–Crippen LogP) is 2.49. The van der Waals surface area contributed by atoms with E-state index in [1.807, 2.05) is 18.3 Å². The molecule has 0 spiro atoms. The number of aliphatic hydroxyl groups excluding tert-OH is 1. The Morgan fingerprint density at radius 1 is 1.38 bits per heavy atom. The number of hydrogen-bond donors (Lipinski definition) is 2. The lowest BCUT2D eigenvalue weighted by Gasteiger charge is -2.08. The van der Waals surface area contributed by atoms with Crippen molar-refractivity contribution in [1.82, 2.24) is 5.32 Å². The van der Waals surface area contributed by atoms with Gasteiger partial charge in [0.05, 0.1) is 6.61 Å². The number of hydrogen-bond acceptors (Lipinski definition) is 3. The molecule has 0 radical (unpaired) electrons. The van der Waals surface area contributed by atoms with Crippen molar-refractivity contribution in [2.24, 2.45) is 0 Å². The summed E-state index contributed by atoms with van der Waals surface area (Å²) in [6.45, 7) is 3.13. The van der Waals surface area contributed by atoms with Crippen molar-refractivity contribution in [3.63, 3.8) is 0 Å². The first-order chi connectivity index (χ1) is 7.79. The third kappa shape index (κ3) is 3.06. The van der Waals surface area contributed by atoms with E-state index in [4.69, 9.17) is 5.11 Å². The Labute approximate surface area is 102 Å². The molecule has 1 aromatic rings. The van der Waals surface area contributed by atoms with E-state index in [2.05, 4.69) is 11.4 Å². The molecule has 0 fully saturated rings. The molecule has 16 heavy (non-hydrogen) atoms. The van der Waals surface area contributed by atoms with Gasteiger partial charge in [-0.05, 0) is 44.2 Å². The van der Waals surface area contributed by atoms with Gasteiger partial charge in [0, 0.05) is 22.3 Å². The fourth-order valence-corrected chi connectivity index (χ4v) is 3.37. The van der Waals surface area contributed by atoms with Gasteiger partial charge in [-0.25, -0.2) is 0 Å². The molecule has 1 atom stereocenters. The Morgan fingerprint density at radius 2 is 2.19 bits per heavy atom. The summed E-state index contributed by atoms with van der Waals surface area (Å²) < 4.78 is 0. The van der Waals surface area contributed by atoms with Gasteiger partial charge in [-0.15, -0.1) is 11.3 Å². The fourth-order valence-electron chi connectivity index (χ4n) is 2.16. The third-order valence-electron chi connectivity index (χ3n) is 3.20. The lowest BCUT2D eigenvalue weighted by atomic mass is 10.1. The first-order valence-corrected chi connectivity index (χ1v) is 7.06. The normalized spacial score (nSPS) is 17.9. The molecule has 2 nitrogen and oxygen atoms in total. The average Bonchev–Trinajstić information content (AvgIpc) is 2.56. The van der Waals surface area contributed by atoms with Gasteiger partial charge in [0.15, 0.2) is 0 Å². The molecule has 1 aliphatic rings. The summed E-state index contributed by atoms with van der Waals surface area (Å²) in [5.41, 5.74) is 1.58. The van der Waals surface area contributed by atoms with E-state index < -0.39 is 0 Å². The predicted molar refractivity (Wildman–Crippen MR) is 69.0 cm³/mol. The smallest absolute Gasteiger partial charge is 0.0582 e. The van der Waals surface area contributed by atoms with Crippen LogP contribution in [0.2, 0.25) is 0 Å². The van der Waals surface area contributed by atoms with Gasteiger partial charge in [0.1, 0.15) is 0 Å². The molecule has 1 aliphatic carbocycles. The maximum absolute atomic E-state index is 8.95. The van der Waals surface area contributed by atoms with Crippen molar-refractivity contribution in [2.45, 2.75) is 51.6 Å². The molecule has 90 valence electrons. The van der Waals surface area contributed by atoms with Gasteiger partial charge in [0.25, 0.3) is 0 Å². The molecular weight excluding hydrogens is 218 g/mol. The van der Waals surface area contributed by atoms with E-state index in [0.717, 1.165) is 6.54 Å². The minimum absolute atomic E-state index is 0.196. The molecule has 1 unspecified atom stereocenters. The van der Waals surface area contributed by atoms with Crippen molar-refractivity contribution >= 4 is 11.3 Å². The minimum atomic E-state index is 0.196. The molecule has 0 saturated heterocycles. The van der Waals surface area contributed by atoms with Crippen molar-refractivity contribution in [2.75, 3.05) is 6.61 Å². The van der Waals surface area contributed by atoms with E-state index in [-0.39, 0.29) is 12.6 Å². The lowest BCUT2D eigenvalue weighted by Crippen LogP contribution is -2.28. The first-order valence-electron chi connectivity index (χ1n) is 6.24. The van der Waals surface area contributed by atoms with Crippen molar-refractivity contribution in [1.29, 1.82) is 0 Å². The van der Waals surface area contributed by atoms with Gasteiger partial charge in [0.2, 0.25) is 0 Å². The maximum atomic E-state index is 8.95. The lowest BCUT2D eigenvalue weighted by molar-refractivity contribution is 0.251. The van der Waals surface area contributed by atoms with Gasteiger partial charge < -0.3 is 10.4 Å². The molecule has 0 aromatic carbocycles. The zero-order valence-corrected chi connectivity index (χ0v) is 10.8. The second-order valence-corrected chi connectivity index (χ2v) is 5.91. The third-order valence-corrected chi connectivity index (χ3v) is 4.43. The number of rotatable bonds is 4. The minimum Gasteiger partial charge on any atom is -0.395 e. The van der Waals surface area contributed by atoms with E-state index >= 15 is 0 Å². The summed E-state index contributed by atoms with van der Waals surface area (Å²) >= 11 is 1.96. The second kappa shape index (κ2) is 5.80. The van der Waals surface area contributed by atoms with Crippen molar-refractivity contribution < 1.29 is 5.11 Å². The largest absolute Gasteiger partial charge is 0.395 e. The summed E-state index contributed by atoms with van der Waals surface area (Å²) in [5, 5.41) is 12.3. The van der Waals surface area contributed by atoms with Crippen LogP contribution in [0, 0.1) is 0 Å². The number of thiophene rings is 1. The quantitative estimate of drug-likeness (QED) is 0.791. The van der Waals surface area contributed by atoms with Gasteiger partial charge >= 0.3 is 0 Å². The van der Waals surface area contributed by atoms with E-state index in [0.29, 0.717) is 0 Å². The molecule has 0 saturated carbocycles. The van der Waals surface area contributed by atoms with E-state index in [9.17, 15) is 0 Å². The Hall–Kier alpha value is -0.380. The molecule has 2 rings (SSSR count). The first kappa shape index (κ1) is 12.1. The SMILES string of the molecule is CC(CO)NCc1cc2c(s1)CCCCC2. The number of nitrogens with one attached hydrogen (secondary N) is 1. The summed E-state index contributed by atoms with van der Waals surface area (Å²) in [7, 11) is 0. The zero-order valence-electron chi connectivity index (χ0n) is 9.96. The Morgan fingerprint density at radius 3 is 3.00 bits per heavy atom. The van der Waals surface area contributed by atoms with Crippen LogP contribution < -0.4 is 5.32 Å². The Balaban J connectivity index is 1.96. The highest BCUT2D eigenvalue weighted by molar-refractivity contribution is 7.12. The number of aliphatic hydroxyl groups is 1. The van der Waals surface area contributed by atoms with Gasteiger partial charge in [-0.3, -0.25) is 0 Å². The van der Waals surface area contributed by atoms with Crippen molar-refractivity contribution in [3.05, 3.63) is 21.4 Å². The highest BCUT2D eigenvalue weighted by atomic mass is 32.1. The van der Waals surface area contributed by atoms with Crippen LogP contribution in [0.4, 0.5) is 0 Å². The van der Waals surface area contributed by atoms with Crippen LogP contribution in [-0.2, 0) is 19.4 Å². The fraction of sp³-hybridized carbons (Fsp3) is 0.692.